The summed E-state index contributed by atoms with van der Waals surface area (Å²) in [6, 6.07) is 4.22. The number of aryl methyl sites for hydroxylation is 1. The van der Waals surface area contributed by atoms with E-state index in [9.17, 15) is 9.90 Å². The van der Waals surface area contributed by atoms with Crippen LogP contribution in [0.2, 0.25) is 10.0 Å². The molecular weight excluding hydrogens is 279 g/mol. The van der Waals surface area contributed by atoms with Crippen molar-refractivity contribution in [3.05, 3.63) is 39.7 Å². The van der Waals surface area contributed by atoms with Gasteiger partial charge in [0.25, 0.3) is 5.91 Å². The van der Waals surface area contributed by atoms with Crippen LogP contribution in [0.1, 0.15) is 16.2 Å². The SMILES string of the molecule is Cc1cc(C(=O)Nc2cc(Cl)cc(Cl)c2O)on1. The zero-order valence-corrected chi connectivity index (χ0v) is 10.7. The van der Waals surface area contributed by atoms with Crippen LogP contribution >= 0.6 is 23.2 Å². The molecule has 0 aliphatic heterocycles. The highest BCUT2D eigenvalue weighted by Gasteiger charge is 2.15. The van der Waals surface area contributed by atoms with Crippen LogP contribution in [-0.4, -0.2) is 16.2 Å². The van der Waals surface area contributed by atoms with Crippen LogP contribution in [0.3, 0.4) is 0 Å². The van der Waals surface area contributed by atoms with Crippen LogP contribution in [-0.2, 0) is 0 Å². The number of nitrogens with one attached hydrogen (secondary N) is 1. The Kier molecular flexibility index (Phi) is 3.45. The van der Waals surface area contributed by atoms with Gasteiger partial charge in [0.15, 0.2) is 5.75 Å². The lowest BCUT2D eigenvalue weighted by atomic mass is 10.2. The molecule has 1 amide bonds. The summed E-state index contributed by atoms with van der Waals surface area (Å²) in [6.45, 7) is 1.69. The number of phenols is 1. The average molecular weight is 287 g/mol. The summed E-state index contributed by atoms with van der Waals surface area (Å²) >= 11 is 11.5. The van der Waals surface area contributed by atoms with Gasteiger partial charge < -0.3 is 14.9 Å². The molecule has 7 heteroatoms. The van der Waals surface area contributed by atoms with Crippen molar-refractivity contribution in [3.8, 4) is 5.75 Å². The smallest absolute Gasteiger partial charge is 0.294 e. The first-order valence-electron chi connectivity index (χ1n) is 4.90. The first-order chi connectivity index (χ1) is 8.47. The van der Waals surface area contributed by atoms with Gasteiger partial charge in [-0.3, -0.25) is 4.79 Å². The number of carbonyl (C=O) groups is 1. The molecule has 0 spiro atoms. The quantitative estimate of drug-likeness (QED) is 0.831. The van der Waals surface area contributed by atoms with E-state index in [1.165, 1.54) is 18.2 Å². The third-order valence-electron chi connectivity index (χ3n) is 2.13. The third kappa shape index (κ3) is 2.57. The molecule has 94 valence electrons. The fourth-order valence-corrected chi connectivity index (χ4v) is 1.81. The molecule has 2 N–H and O–H groups in total. The number of aromatic hydroxyl groups is 1. The molecule has 0 saturated heterocycles. The van der Waals surface area contributed by atoms with Crippen molar-refractivity contribution in [2.24, 2.45) is 0 Å². The minimum Gasteiger partial charge on any atom is -0.504 e. The lowest BCUT2D eigenvalue weighted by Crippen LogP contribution is -2.11. The largest absolute Gasteiger partial charge is 0.504 e. The molecule has 2 rings (SSSR count). The Morgan fingerprint density at radius 2 is 2.11 bits per heavy atom. The number of anilines is 1. The topological polar surface area (TPSA) is 75.4 Å². The van der Waals surface area contributed by atoms with Gasteiger partial charge in [-0.05, 0) is 19.1 Å². The Hall–Kier alpha value is -1.72. The number of aromatic nitrogens is 1. The molecule has 0 fully saturated rings. The number of phenolic OH excluding ortho intramolecular Hbond substituents is 1. The number of carbonyl (C=O) groups excluding carboxylic acids is 1. The summed E-state index contributed by atoms with van der Waals surface area (Å²) in [5.74, 6) is -0.780. The van der Waals surface area contributed by atoms with Crippen LogP contribution in [0.5, 0.6) is 5.75 Å². The van der Waals surface area contributed by atoms with E-state index in [0.29, 0.717) is 10.7 Å². The van der Waals surface area contributed by atoms with Gasteiger partial charge in [-0.15, -0.1) is 0 Å². The maximum absolute atomic E-state index is 11.8. The van der Waals surface area contributed by atoms with E-state index in [2.05, 4.69) is 10.5 Å². The van der Waals surface area contributed by atoms with Gasteiger partial charge in [-0.1, -0.05) is 28.4 Å². The van der Waals surface area contributed by atoms with E-state index in [1.54, 1.807) is 6.92 Å². The van der Waals surface area contributed by atoms with E-state index >= 15 is 0 Å². The molecule has 1 aromatic carbocycles. The highest BCUT2D eigenvalue weighted by Crippen LogP contribution is 2.35. The second-order valence-electron chi connectivity index (χ2n) is 3.57. The standard InChI is InChI=1S/C11H8Cl2N2O3/c1-5-2-9(18-15-5)11(17)14-8-4-6(12)3-7(13)10(8)16/h2-4,16H,1H3,(H,14,17). The van der Waals surface area contributed by atoms with Crippen LogP contribution in [0, 0.1) is 6.92 Å². The molecule has 0 saturated carbocycles. The van der Waals surface area contributed by atoms with Crippen molar-refractivity contribution >= 4 is 34.8 Å². The maximum atomic E-state index is 11.8. The zero-order chi connectivity index (χ0) is 13.3. The van der Waals surface area contributed by atoms with Gasteiger partial charge in [-0.25, -0.2) is 0 Å². The normalized spacial score (nSPS) is 10.4. The summed E-state index contributed by atoms with van der Waals surface area (Å²) in [6.07, 6.45) is 0. The lowest BCUT2D eigenvalue weighted by molar-refractivity contribution is 0.0987. The van der Waals surface area contributed by atoms with Crippen LogP contribution < -0.4 is 5.32 Å². The summed E-state index contributed by atoms with van der Waals surface area (Å²) < 4.78 is 4.79. The predicted octanol–water partition coefficient (Wildman–Crippen LogP) is 3.25. The van der Waals surface area contributed by atoms with Crippen molar-refractivity contribution < 1.29 is 14.4 Å². The Morgan fingerprint density at radius 3 is 2.72 bits per heavy atom. The number of hydrogen-bond donors (Lipinski definition) is 2. The summed E-state index contributed by atoms with van der Waals surface area (Å²) in [5.41, 5.74) is 0.681. The monoisotopic (exact) mass is 286 g/mol. The Labute approximate surface area is 112 Å². The number of amides is 1. The van der Waals surface area contributed by atoms with Crippen molar-refractivity contribution in [2.75, 3.05) is 5.32 Å². The molecule has 0 radical (unpaired) electrons. The first-order valence-corrected chi connectivity index (χ1v) is 5.65. The molecule has 18 heavy (non-hydrogen) atoms. The van der Waals surface area contributed by atoms with Crippen molar-refractivity contribution in [1.29, 1.82) is 0 Å². The highest BCUT2D eigenvalue weighted by atomic mass is 35.5. The molecule has 0 aliphatic rings. The maximum Gasteiger partial charge on any atom is 0.294 e. The number of nitrogens with zero attached hydrogens (tertiary/aromatic N) is 1. The second kappa shape index (κ2) is 4.88. The zero-order valence-electron chi connectivity index (χ0n) is 9.20. The van der Waals surface area contributed by atoms with Crippen LogP contribution in [0.25, 0.3) is 0 Å². The highest BCUT2D eigenvalue weighted by molar-refractivity contribution is 6.36. The van der Waals surface area contributed by atoms with E-state index in [-0.39, 0.29) is 22.2 Å². The molecule has 2 aromatic rings. The summed E-state index contributed by atoms with van der Waals surface area (Å²) in [5, 5.41) is 16.0. The minimum atomic E-state index is -0.552. The number of benzene rings is 1. The Bertz CT molecular complexity index is 610. The van der Waals surface area contributed by atoms with E-state index in [1.807, 2.05) is 0 Å². The second-order valence-corrected chi connectivity index (χ2v) is 4.41. The Morgan fingerprint density at radius 1 is 1.39 bits per heavy atom. The van der Waals surface area contributed by atoms with Gasteiger partial charge in [0.2, 0.25) is 5.76 Å². The van der Waals surface area contributed by atoms with Gasteiger partial charge in [0.05, 0.1) is 16.4 Å². The van der Waals surface area contributed by atoms with Crippen molar-refractivity contribution in [1.82, 2.24) is 5.16 Å². The lowest BCUT2D eigenvalue weighted by Gasteiger charge is -2.07. The molecule has 5 nitrogen and oxygen atoms in total. The van der Waals surface area contributed by atoms with Crippen molar-refractivity contribution in [3.63, 3.8) is 0 Å². The fraction of sp³-hybridized carbons (Fsp3) is 0.0909. The van der Waals surface area contributed by atoms with Gasteiger partial charge in [0.1, 0.15) is 0 Å². The third-order valence-corrected chi connectivity index (χ3v) is 2.63. The summed E-state index contributed by atoms with van der Waals surface area (Å²) in [4.78, 5) is 11.8. The van der Waals surface area contributed by atoms with Crippen LogP contribution in [0.15, 0.2) is 22.7 Å². The average Bonchev–Trinajstić information content (AvgIpc) is 2.72. The van der Waals surface area contributed by atoms with Gasteiger partial charge in [-0.2, -0.15) is 0 Å². The van der Waals surface area contributed by atoms with Gasteiger partial charge in [0, 0.05) is 11.1 Å². The van der Waals surface area contributed by atoms with Crippen LogP contribution in [0.4, 0.5) is 5.69 Å². The number of rotatable bonds is 2. The van der Waals surface area contributed by atoms with Crippen molar-refractivity contribution in [2.45, 2.75) is 6.92 Å². The van der Waals surface area contributed by atoms with Gasteiger partial charge >= 0.3 is 0 Å². The molecule has 0 bridgehead atoms. The molecule has 0 atom stereocenters. The van der Waals surface area contributed by atoms with E-state index in [0.717, 1.165) is 0 Å². The number of halogens is 2. The van der Waals surface area contributed by atoms with E-state index < -0.39 is 5.91 Å². The Balaban J connectivity index is 2.27. The fourth-order valence-electron chi connectivity index (χ4n) is 1.32. The molecular formula is C11H8Cl2N2O3. The molecule has 0 unspecified atom stereocenters. The first kappa shape index (κ1) is 12.7. The molecule has 1 aromatic heterocycles. The predicted molar refractivity (Wildman–Crippen MR) is 67.3 cm³/mol. The van der Waals surface area contributed by atoms with E-state index in [4.69, 9.17) is 27.7 Å². The minimum absolute atomic E-state index is 0.0306. The number of hydrogen-bond acceptors (Lipinski definition) is 4. The summed E-state index contributed by atoms with van der Waals surface area (Å²) in [7, 11) is 0. The molecule has 0 aliphatic carbocycles. The molecule has 1 heterocycles.